The van der Waals surface area contributed by atoms with Crippen LogP contribution in [0.2, 0.25) is 0 Å². The number of nitrogens with one attached hydrogen (secondary N) is 2. The Morgan fingerprint density at radius 1 is 1.15 bits per heavy atom. The van der Waals surface area contributed by atoms with Gasteiger partial charge in [-0.05, 0) is 37.1 Å². The van der Waals surface area contributed by atoms with Crippen molar-refractivity contribution in [3.63, 3.8) is 0 Å². The number of hydrogen-bond acceptors (Lipinski definition) is 3. The van der Waals surface area contributed by atoms with Crippen LogP contribution < -0.4 is 15.4 Å². The molecule has 0 aromatic heterocycles. The maximum Gasteiger partial charge on any atom is 0.322 e. The smallest absolute Gasteiger partial charge is 0.322 e. The van der Waals surface area contributed by atoms with Crippen LogP contribution in [-0.2, 0) is 4.79 Å². The highest BCUT2D eigenvalue weighted by atomic mass is 19.1. The average molecular weight is 357 g/mol. The van der Waals surface area contributed by atoms with Gasteiger partial charge in [-0.3, -0.25) is 4.79 Å². The van der Waals surface area contributed by atoms with E-state index in [1.807, 2.05) is 0 Å². The van der Waals surface area contributed by atoms with Crippen LogP contribution in [-0.4, -0.2) is 36.5 Å². The zero-order valence-electron chi connectivity index (χ0n) is 14.4. The van der Waals surface area contributed by atoms with Gasteiger partial charge in [0.15, 0.2) is 0 Å². The number of urea groups is 1. The molecule has 2 aromatic carbocycles. The van der Waals surface area contributed by atoms with Gasteiger partial charge < -0.3 is 20.3 Å². The predicted molar refractivity (Wildman–Crippen MR) is 96.8 cm³/mol. The Hall–Kier alpha value is -3.09. The second-order valence-electron chi connectivity index (χ2n) is 5.98. The Balaban J connectivity index is 1.68. The maximum absolute atomic E-state index is 13.7. The molecule has 26 heavy (non-hydrogen) atoms. The van der Waals surface area contributed by atoms with Crippen molar-refractivity contribution in [2.24, 2.45) is 0 Å². The van der Waals surface area contributed by atoms with E-state index in [2.05, 4.69) is 10.6 Å². The van der Waals surface area contributed by atoms with Gasteiger partial charge in [0, 0.05) is 18.3 Å². The van der Waals surface area contributed by atoms with Crippen LogP contribution in [0.3, 0.4) is 0 Å². The molecule has 3 amide bonds. The minimum Gasteiger partial charge on any atom is -0.497 e. The lowest BCUT2D eigenvalue weighted by atomic mass is 10.2. The summed E-state index contributed by atoms with van der Waals surface area (Å²) >= 11 is 0. The van der Waals surface area contributed by atoms with E-state index in [1.165, 1.54) is 17.0 Å². The van der Waals surface area contributed by atoms with E-state index in [0.717, 1.165) is 0 Å². The summed E-state index contributed by atoms with van der Waals surface area (Å²) in [6.45, 7) is 0.441. The summed E-state index contributed by atoms with van der Waals surface area (Å²) in [5.41, 5.74) is 0.687. The van der Waals surface area contributed by atoms with E-state index in [1.54, 1.807) is 43.5 Å². The standard InChI is InChI=1S/C19H20FN3O3/c1-26-14-7-4-6-13(12-14)21-18(24)17-10-5-11-23(17)19(25)22-16-9-3-2-8-15(16)20/h2-4,6-9,12,17H,5,10-11H2,1H3,(H,21,24)(H,22,25)/t17-/m1/s1. The summed E-state index contributed by atoms with van der Waals surface area (Å²) in [6.07, 6.45) is 1.27. The first-order chi connectivity index (χ1) is 12.6. The van der Waals surface area contributed by atoms with Crippen LogP contribution in [0.25, 0.3) is 0 Å². The number of carbonyl (C=O) groups is 2. The number of likely N-dealkylation sites (tertiary alicyclic amines) is 1. The van der Waals surface area contributed by atoms with Crippen molar-refractivity contribution in [3.8, 4) is 5.75 Å². The van der Waals surface area contributed by atoms with Crippen LogP contribution in [0.4, 0.5) is 20.6 Å². The number of hydrogen-bond donors (Lipinski definition) is 2. The molecule has 1 saturated heterocycles. The van der Waals surface area contributed by atoms with Gasteiger partial charge in [0.1, 0.15) is 17.6 Å². The molecule has 7 heteroatoms. The second kappa shape index (κ2) is 7.86. The van der Waals surface area contributed by atoms with Gasteiger partial charge in [-0.25, -0.2) is 9.18 Å². The van der Waals surface area contributed by atoms with E-state index in [9.17, 15) is 14.0 Å². The van der Waals surface area contributed by atoms with E-state index >= 15 is 0 Å². The number of anilines is 2. The Labute approximate surface area is 150 Å². The van der Waals surface area contributed by atoms with Gasteiger partial charge >= 0.3 is 6.03 Å². The molecule has 1 fully saturated rings. The summed E-state index contributed by atoms with van der Waals surface area (Å²) in [6, 6.07) is 11.8. The summed E-state index contributed by atoms with van der Waals surface area (Å²) in [5, 5.41) is 5.34. The van der Waals surface area contributed by atoms with E-state index in [-0.39, 0.29) is 11.6 Å². The topological polar surface area (TPSA) is 70.7 Å². The fourth-order valence-corrected chi connectivity index (χ4v) is 2.96. The Morgan fingerprint density at radius 3 is 2.73 bits per heavy atom. The van der Waals surface area contributed by atoms with E-state index in [0.29, 0.717) is 30.8 Å². The zero-order chi connectivity index (χ0) is 18.5. The molecule has 136 valence electrons. The highest BCUT2D eigenvalue weighted by Crippen LogP contribution is 2.23. The first kappa shape index (κ1) is 17.7. The number of ether oxygens (including phenoxy) is 1. The van der Waals surface area contributed by atoms with Crippen molar-refractivity contribution in [3.05, 3.63) is 54.3 Å². The molecule has 0 radical (unpaired) electrons. The third kappa shape index (κ3) is 3.93. The minimum absolute atomic E-state index is 0.0938. The Bertz CT molecular complexity index is 812. The average Bonchev–Trinajstić information content (AvgIpc) is 3.14. The number of para-hydroxylation sites is 1. The van der Waals surface area contributed by atoms with Gasteiger partial charge in [0.25, 0.3) is 0 Å². The van der Waals surface area contributed by atoms with E-state index < -0.39 is 17.9 Å². The van der Waals surface area contributed by atoms with Crippen LogP contribution in [0, 0.1) is 5.82 Å². The van der Waals surface area contributed by atoms with Gasteiger partial charge in [-0.15, -0.1) is 0 Å². The monoisotopic (exact) mass is 357 g/mol. The molecule has 0 aliphatic carbocycles. The Morgan fingerprint density at radius 2 is 1.96 bits per heavy atom. The maximum atomic E-state index is 13.7. The predicted octanol–water partition coefficient (Wildman–Crippen LogP) is 3.47. The molecule has 0 spiro atoms. The molecule has 3 rings (SSSR count). The number of methoxy groups -OCH3 is 1. The molecule has 2 N–H and O–H groups in total. The van der Waals surface area contributed by atoms with Gasteiger partial charge in [0.2, 0.25) is 5.91 Å². The number of nitrogens with zero attached hydrogens (tertiary/aromatic N) is 1. The van der Waals surface area contributed by atoms with Crippen LogP contribution in [0.1, 0.15) is 12.8 Å². The minimum atomic E-state index is -0.604. The van der Waals surface area contributed by atoms with Crippen molar-refractivity contribution in [2.75, 3.05) is 24.3 Å². The number of carbonyl (C=O) groups excluding carboxylic acids is 2. The zero-order valence-corrected chi connectivity index (χ0v) is 14.4. The van der Waals surface area contributed by atoms with Crippen molar-refractivity contribution in [2.45, 2.75) is 18.9 Å². The molecule has 1 aliphatic heterocycles. The van der Waals surface area contributed by atoms with Crippen molar-refractivity contribution in [1.82, 2.24) is 4.90 Å². The lowest BCUT2D eigenvalue weighted by Gasteiger charge is -2.24. The summed E-state index contributed by atoms with van der Waals surface area (Å²) in [4.78, 5) is 26.5. The summed E-state index contributed by atoms with van der Waals surface area (Å²) in [5.74, 6) is -0.166. The molecule has 2 aromatic rings. The first-order valence-corrected chi connectivity index (χ1v) is 8.35. The molecular formula is C19H20FN3O3. The molecule has 6 nitrogen and oxygen atoms in total. The number of halogens is 1. The van der Waals surface area contributed by atoms with Crippen LogP contribution in [0.15, 0.2) is 48.5 Å². The van der Waals surface area contributed by atoms with Gasteiger partial charge in [0.05, 0.1) is 12.8 Å². The van der Waals surface area contributed by atoms with Crippen molar-refractivity contribution >= 4 is 23.3 Å². The molecule has 0 bridgehead atoms. The molecular weight excluding hydrogens is 337 g/mol. The first-order valence-electron chi connectivity index (χ1n) is 8.35. The fraction of sp³-hybridized carbons (Fsp3) is 0.263. The fourth-order valence-electron chi connectivity index (χ4n) is 2.96. The van der Waals surface area contributed by atoms with Gasteiger partial charge in [-0.2, -0.15) is 0 Å². The molecule has 1 aliphatic rings. The normalized spacial score (nSPS) is 16.2. The molecule has 0 unspecified atom stereocenters. The van der Waals surface area contributed by atoms with E-state index in [4.69, 9.17) is 4.74 Å². The summed E-state index contributed by atoms with van der Waals surface area (Å²) < 4.78 is 18.9. The van der Waals surface area contributed by atoms with Crippen molar-refractivity contribution in [1.29, 1.82) is 0 Å². The second-order valence-corrected chi connectivity index (χ2v) is 5.98. The lowest BCUT2D eigenvalue weighted by molar-refractivity contribution is -0.119. The number of benzene rings is 2. The highest BCUT2D eigenvalue weighted by molar-refractivity contribution is 5.99. The lowest BCUT2D eigenvalue weighted by Crippen LogP contribution is -2.45. The largest absolute Gasteiger partial charge is 0.497 e. The van der Waals surface area contributed by atoms with Crippen LogP contribution >= 0.6 is 0 Å². The highest BCUT2D eigenvalue weighted by Gasteiger charge is 2.34. The Kier molecular flexibility index (Phi) is 5.36. The molecule has 1 atom stereocenters. The third-order valence-corrected chi connectivity index (χ3v) is 4.27. The quantitative estimate of drug-likeness (QED) is 0.880. The number of rotatable bonds is 4. The molecule has 0 saturated carbocycles. The summed E-state index contributed by atoms with van der Waals surface area (Å²) in [7, 11) is 1.55. The van der Waals surface area contributed by atoms with Crippen molar-refractivity contribution < 1.29 is 18.7 Å². The third-order valence-electron chi connectivity index (χ3n) is 4.27. The molecule has 1 heterocycles. The van der Waals surface area contributed by atoms with Gasteiger partial charge in [-0.1, -0.05) is 18.2 Å². The van der Waals surface area contributed by atoms with Crippen LogP contribution in [0.5, 0.6) is 5.75 Å². The SMILES string of the molecule is COc1cccc(NC(=O)[C@H]2CCCN2C(=O)Nc2ccccc2F)c1. The number of amides is 3.